The SMILES string of the molecule is CC(C)N(Cc1ccccc1)C(=O)CSc1nnc(-c2ccccc2)n1Cc1ccco1. The minimum Gasteiger partial charge on any atom is -0.467 e. The van der Waals surface area contributed by atoms with Crippen molar-refractivity contribution in [2.75, 3.05) is 5.75 Å². The van der Waals surface area contributed by atoms with Gasteiger partial charge in [0, 0.05) is 18.2 Å². The number of benzene rings is 2. The summed E-state index contributed by atoms with van der Waals surface area (Å²) in [5.41, 5.74) is 2.09. The van der Waals surface area contributed by atoms with Gasteiger partial charge in [0.15, 0.2) is 11.0 Å². The third-order valence-corrected chi connectivity index (χ3v) is 6.06. The highest BCUT2D eigenvalue weighted by atomic mass is 32.2. The predicted molar refractivity (Wildman–Crippen MR) is 126 cm³/mol. The molecular formula is C25H26N4O2S. The Bertz CT molecular complexity index is 1130. The van der Waals surface area contributed by atoms with Crippen molar-refractivity contribution in [3.05, 3.63) is 90.4 Å². The number of amides is 1. The molecule has 0 radical (unpaired) electrons. The molecule has 164 valence electrons. The lowest BCUT2D eigenvalue weighted by molar-refractivity contribution is -0.130. The summed E-state index contributed by atoms with van der Waals surface area (Å²) < 4.78 is 7.56. The summed E-state index contributed by atoms with van der Waals surface area (Å²) in [6.07, 6.45) is 1.66. The summed E-state index contributed by atoms with van der Waals surface area (Å²) in [5, 5.41) is 9.51. The Balaban J connectivity index is 1.53. The van der Waals surface area contributed by atoms with E-state index in [1.165, 1.54) is 11.8 Å². The zero-order chi connectivity index (χ0) is 22.3. The summed E-state index contributed by atoms with van der Waals surface area (Å²) in [7, 11) is 0. The van der Waals surface area contributed by atoms with Gasteiger partial charge in [-0.05, 0) is 31.5 Å². The summed E-state index contributed by atoms with van der Waals surface area (Å²) in [4.78, 5) is 15.0. The zero-order valence-electron chi connectivity index (χ0n) is 18.2. The normalized spacial score (nSPS) is 11.1. The number of carbonyl (C=O) groups excluding carboxylic acids is 1. The van der Waals surface area contributed by atoms with E-state index >= 15 is 0 Å². The van der Waals surface area contributed by atoms with E-state index in [0.717, 1.165) is 22.7 Å². The third kappa shape index (κ3) is 5.29. The van der Waals surface area contributed by atoms with Crippen LogP contribution in [-0.2, 0) is 17.9 Å². The fourth-order valence-electron chi connectivity index (χ4n) is 3.45. The molecule has 0 aliphatic heterocycles. The Kier molecular flexibility index (Phi) is 7.07. The molecule has 2 aromatic heterocycles. The first kappa shape index (κ1) is 21.9. The number of hydrogen-bond donors (Lipinski definition) is 0. The van der Waals surface area contributed by atoms with Crippen LogP contribution in [0, 0.1) is 0 Å². The Morgan fingerprint density at radius 2 is 1.72 bits per heavy atom. The first-order valence-electron chi connectivity index (χ1n) is 10.6. The van der Waals surface area contributed by atoms with Crippen molar-refractivity contribution < 1.29 is 9.21 Å². The Morgan fingerprint density at radius 1 is 1.00 bits per heavy atom. The van der Waals surface area contributed by atoms with Gasteiger partial charge in [-0.3, -0.25) is 9.36 Å². The van der Waals surface area contributed by atoms with Gasteiger partial charge in [-0.15, -0.1) is 10.2 Å². The van der Waals surface area contributed by atoms with Crippen molar-refractivity contribution in [1.82, 2.24) is 19.7 Å². The number of thioether (sulfide) groups is 1. The van der Waals surface area contributed by atoms with E-state index in [-0.39, 0.29) is 17.7 Å². The van der Waals surface area contributed by atoms with Gasteiger partial charge in [0.05, 0.1) is 18.6 Å². The molecule has 0 bridgehead atoms. The van der Waals surface area contributed by atoms with Crippen molar-refractivity contribution in [3.8, 4) is 11.4 Å². The molecule has 32 heavy (non-hydrogen) atoms. The maximum Gasteiger partial charge on any atom is 0.233 e. The van der Waals surface area contributed by atoms with Crippen molar-refractivity contribution in [2.45, 2.75) is 38.1 Å². The van der Waals surface area contributed by atoms with Crippen molar-refractivity contribution in [1.29, 1.82) is 0 Å². The number of nitrogens with zero attached hydrogens (tertiary/aromatic N) is 4. The van der Waals surface area contributed by atoms with Gasteiger partial charge >= 0.3 is 0 Å². The third-order valence-electron chi connectivity index (χ3n) is 5.11. The average molecular weight is 447 g/mol. The van der Waals surface area contributed by atoms with Gasteiger partial charge in [0.1, 0.15) is 5.76 Å². The number of furan rings is 1. The van der Waals surface area contributed by atoms with Crippen LogP contribution in [0.5, 0.6) is 0 Å². The summed E-state index contributed by atoms with van der Waals surface area (Å²) in [6, 6.07) is 23.9. The number of hydrogen-bond acceptors (Lipinski definition) is 5. The highest BCUT2D eigenvalue weighted by Gasteiger charge is 2.21. The largest absolute Gasteiger partial charge is 0.467 e. The molecule has 0 atom stereocenters. The molecule has 2 aromatic carbocycles. The van der Waals surface area contributed by atoms with Gasteiger partial charge in [0.25, 0.3) is 0 Å². The predicted octanol–water partition coefficient (Wildman–Crippen LogP) is 5.12. The van der Waals surface area contributed by atoms with Crippen LogP contribution in [0.25, 0.3) is 11.4 Å². The maximum atomic E-state index is 13.1. The molecule has 0 unspecified atom stereocenters. The highest BCUT2D eigenvalue weighted by Crippen LogP contribution is 2.26. The fraction of sp³-hybridized carbons (Fsp3) is 0.240. The lowest BCUT2D eigenvalue weighted by Crippen LogP contribution is -2.37. The lowest BCUT2D eigenvalue weighted by Gasteiger charge is -2.26. The summed E-state index contributed by atoms with van der Waals surface area (Å²) in [6.45, 7) is 5.17. The topological polar surface area (TPSA) is 64.2 Å². The van der Waals surface area contributed by atoms with Crippen molar-refractivity contribution >= 4 is 17.7 Å². The van der Waals surface area contributed by atoms with Crippen LogP contribution in [0.1, 0.15) is 25.2 Å². The fourth-order valence-corrected chi connectivity index (χ4v) is 4.27. The van der Waals surface area contributed by atoms with Gasteiger partial charge in [-0.25, -0.2) is 0 Å². The lowest BCUT2D eigenvalue weighted by atomic mass is 10.2. The molecule has 0 aliphatic rings. The van der Waals surface area contributed by atoms with Crippen LogP contribution in [0.2, 0.25) is 0 Å². The molecule has 2 heterocycles. The van der Waals surface area contributed by atoms with E-state index in [4.69, 9.17) is 4.42 Å². The Labute approximate surface area is 192 Å². The molecule has 0 saturated heterocycles. The minimum atomic E-state index is 0.0719. The van der Waals surface area contributed by atoms with Crippen LogP contribution < -0.4 is 0 Å². The van der Waals surface area contributed by atoms with Crippen LogP contribution in [-0.4, -0.2) is 37.4 Å². The molecule has 0 aliphatic carbocycles. The molecule has 7 heteroatoms. The molecule has 0 saturated carbocycles. The van der Waals surface area contributed by atoms with Crippen LogP contribution in [0.3, 0.4) is 0 Å². The summed E-state index contributed by atoms with van der Waals surface area (Å²) in [5.74, 6) is 1.92. The van der Waals surface area contributed by atoms with E-state index in [1.54, 1.807) is 6.26 Å². The number of carbonyl (C=O) groups is 1. The van der Waals surface area contributed by atoms with Crippen molar-refractivity contribution in [3.63, 3.8) is 0 Å². The second kappa shape index (κ2) is 10.3. The molecule has 6 nitrogen and oxygen atoms in total. The zero-order valence-corrected chi connectivity index (χ0v) is 19.0. The van der Waals surface area contributed by atoms with E-state index in [2.05, 4.69) is 10.2 Å². The summed E-state index contributed by atoms with van der Waals surface area (Å²) >= 11 is 1.41. The highest BCUT2D eigenvalue weighted by molar-refractivity contribution is 7.99. The Morgan fingerprint density at radius 3 is 2.38 bits per heavy atom. The van der Waals surface area contributed by atoms with Crippen molar-refractivity contribution in [2.24, 2.45) is 0 Å². The molecular weight excluding hydrogens is 420 g/mol. The van der Waals surface area contributed by atoms with Gasteiger partial charge in [0.2, 0.25) is 5.91 Å². The quantitative estimate of drug-likeness (QED) is 0.334. The van der Waals surface area contributed by atoms with Gasteiger partial charge in [-0.1, -0.05) is 72.4 Å². The first-order valence-corrected chi connectivity index (χ1v) is 11.6. The molecule has 1 amide bonds. The molecule has 4 rings (SSSR count). The number of aromatic nitrogens is 3. The number of rotatable bonds is 9. The van der Waals surface area contributed by atoms with E-state index < -0.39 is 0 Å². The van der Waals surface area contributed by atoms with E-state index in [0.29, 0.717) is 18.2 Å². The smallest absolute Gasteiger partial charge is 0.233 e. The standard InChI is InChI=1S/C25H26N4O2S/c1-19(2)28(16-20-10-5-3-6-11-20)23(30)18-32-25-27-26-24(21-12-7-4-8-13-21)29(25)17-22-14-9-15-31-22/h3-15,19H,16-18H2,1-2H3. The monoisotopic (exact) mass is 446 g/mol. The molecule has 0 N–H and O–H groups in total. The molecule has 0 fully saturated rings. The average Bonchev–Trinajstić information content (AvgIpc) is 3.47. The first-order chi connectivity index (χ1) is 15.6. The van der Waals surface area contributed by atoms with Crippen LogP contribution in [0.4, 0.5) is 0 Å². The molecule has 0 spiro atoms. The van der Waals surface area contributed by atoms with Gasteiger partial charge < -0.3 is 9.32 Å². The minimum absolute atomic E-state index is 0.0719. The second-order valence-electron chi connectivity index (χ2n) is 7.73. The molecule has 4 aromatic rings. The van der Waals surface area contributed by atoms with E-state index in [1.807, 2.05) is 96.1 Å². The van der Waals surface area contributed by atoms with E-state index in [9.17, 15) is 4.79 Å². The van der Waals surface area contributed by atoms with Crippen LogP contribution in [0.15, 0.2) is 88.6 Å². The Hall–Kier alpha value is -3.32. The van der Waals surface area contributed by atoms with Gasteiger partial charge in [-0.2, -0.15) is 0 Å². The second-order valence-corrected chi connectivity index (χ2v) is 8.67. The van der Waals surface area contributed by atoms with Crippen LogP contribution >= 0.6 is 11.8 Å². The maximum absolute atomic E-state index is 13.1.